The fraction of sp³-hybridized carbons (Fsp3) is 0.167. The standard InChI is InChI=1S/C18H16N4O5/c1-26-11-5-10(6-12(7-11)27-2)21-9-15(24)22-13-8-14(23)16-17(18(13)25)20-4-3-19-16/h3-8,21H,9H2,1-2H3,(H,22,24). The molecule has 1 amide bonds. The molecule has 0 saturated carbocycles. The van der Waals surface area contributed by atoms with Gasteiger partial charge in [-0.2, -0.15) is 0 Å². The molecule has 1 aromatic carbocycles. The number of carbonyl (C=O) groups is 3. The zero-order chi connectivity index (χ0) is 19.4. The number of fused-ring (bicyclic) bond motifs is 1. The smallest absolute Gasteiger partial charge is 0.243 e. The molecule has 9 heteroatoms. The van der Waals surface area contributed by atoms with Crippen molar-refractivity contribution in [2.45, 2.75) is 0 Å². The lowest BCUT2D eigenvalue weighted by Gasteiger charge is -2.15. The van der Waals surface area contributed by atoms with Gasteiger partial charge in [-0.3, -0.25) is 14.4 Å². The Hall–Kier alpha value is -3.75. The summed E-state index contributed by atoms with van der Waals surface area (Å²) in [5, 5.41) is 5.33. The number of aromatic nitrogens is 2. The van der Waals surface area contributed by atoms with E-state index in [1.807, 2.05) is 0 Å². The molecule has 2 N–H and O–H groups in total. The van der Waals surface area contributed by atoms with Gasteiger partial charge < -0.3 is 20.1 Å². The van der Waals surface area contributed by atoms with Crippen LogP contribution < -0.4 is 20.1 Å². The molecule has 1 aliphatic carbocycles. The largest absolute Gasteiger partial charge is 0.497 e. The van der Waals surface area contributed by atoms with Gasteiger partial charge in [0.2, 0.25) is 17.5 Å². The van der Waals surface area contributed by atoms with E-state index in [0.717, 1.165) is 6.08 Å². The van der Waals surface area contributed by atoms with Gasteiger partial charge in [-0.05, 0) is 0 Å². The number of nitrogens with one attached hydrogen (secondary N) is 2. The van der Waals surface area contributed by atoms with Crippen molar-refractivity contribution in [2.24, 2.45) is 0 Å². The second kappa shape index (κ2) is 7.65. The van der Waals surface area contributed by atoms with E-state index in [2.05, 4.69) is 20.6 Å². The number of hydrogen-bond donors (Lipinski definition) is 2. The van der Waals surface area contributed by atoms with E-state index in [9.17, 15) is 14.4 Å². The fourth-order valence-corrected chi connectivity index (χ4v) is 2.46. The molecule has 0 fully saturated rings. The minimum absolute atomic E-state index is 0.0258. The van der Waals surface area contributed by atoms with Crippen LogP contribution in [0.5, 0.6) is 11.5 Å². The van der Waals surface area contributed by atoms with Gasteiger partial charge in [-0.15, -0.1) is 0 Å². The van der Waals surface area contributed by atoms with Gasteiger partial charge in [0.1, 0.15) is 22.9 Å². The molecular weight excluding hydrogens is 352 g/mol. The van der Waals surface area contributed by atoms with E-state index in [4.69, 9.17) is 9.47 Å². The summed E-state index contributed by atoms with van der Waals surface area (Å²) in [5.41, 5.74) is 0.355. The summed E-state index contributed by atoms with van der Waals surface area (Å²) in [4.78, 5) is 44.3. The van der Waals surface area contributed by atoms with E-state index < -0.39 is 17.5 Å². The number of methoxy groups -OCH3 is 2. The van der Waals surface area contributed by atoms with Crippen LogP contribution in [-0.4, -0.2) is 48.2 Å². The number of Topliss-reactive ketones (excluding diaryl/α,β-unsaturated/α-hetero) is 1. The fourth-order valence-electron chi connectivity index (χ4n) is 2.46. The molecule has 0 aliphatic heterocycles. The van der Waals surface area contributed by atoms with Crippen molar-refractivity contribution in [3.8, 4) is 11.5 Å². The average Bonchev–Trinajstić information content (AvgIpc) is 2.70. The van der Waals surface area contributed by atoms with Crippen LogP contribution in [0, 0.1) is 0 Å². The van der Waals surface area contributed by atoms with Crippen LogP contribution in [0.25, 0.3) is 0 Å². The van der Waals surface area contributed by atoms with E-state index in [1.54, 1.807) is 18.2 Å². The SMILES string of the molecule is COc1cc(NCC(=O)NC2=CC(=O)c3nccnc3C2=O)cc(OC)c1. The number of ether oxygens (including phenoxy) is 2. The quantitative estimate of drug-likeness (QED) is 0.774. The number of amides is 1. The molecule has 0 saturated heterocycles. The lowest BCUT2D eigenvalue weighted by Crippen LogP contribution is -2.35. The number of nitrogens with zero attached hydrogens (tertiary/aromatic N) is 2. The van der Waals surface area contributed by atoms with Crippen LogP contribution in [0.3, 0.4) is 0 Å². The molecule has 2 aromatic rings. The predicted octanol–water partition coefficient (Wildman–Crippen LogP) is 0.985. The molecule has 3 rings (SSSR count). The highest BCUT2D eigenvalue weighted by atomic mass is 16.5. The van der Waals surface area contributed by atoms with E-state index in [-0.39, 0.29) is 23.6 Å². The molecule has 9 nitrogen and oxygen atoms in total. The Kier molecular flexibility index (Phi) is 5.11. The predicted molar refractivity (Wildman–Crippen MR) is 95.0 cm³/mol. The molecule has 1 aliphatic rings. The second-order valence-electron chi connectivity index (χ2n) is 5.51. The molecule has 0 radical (unpaired) electrons. The Labute approximate surface area is 154 Å². The van der Waals surface area contributed by atoms with Crippen molar-refractivity contribution in [3.63, 3.8) is 0 Å². The molecule has 1 heterocycles. The number of ketones is 2. The van der Waals surface area contributed by atoms with E-state index in [1.165, 1.54) is 26.6 Å². The van der Waals surface area contributed by atoms with Crippen molar-refractivity contribution in [3.05, 3.63) is 53.8 Å². The van der Waals surface area contributed by atoms with Crippen LogP contribution in [0.2, 0.25) is 0 Å². The normalized spacial score (nSPS) is 12.7. The van der Waals surface area contributed by atoms with Gasteiger partial charge in [0.15, 0.2) is 0 Å². The highest BCUT2D eigenvalue weighted by Gasteiger charge is 2.28. The van der Waals surface area contributed by atoms with Crippen LogP contribution in [0.15, 0.2) is 42.4 Å². The molecular formula is C18H16N4O5. The molecule has 1 aromatic heterocycles. The van der Waals surface area contributed by atoms with Gasteiger partial charge in [-0.25, -0.2) is 9.97 Å². The van der Waals surface area contributed by atoms with Gasteiger partial charge in [-0.1, -0.05) is 0 Å². The van der Waals surface area contributed by atoms with Crippen LogP contribution in [0.1, 0.15) is 21.0 Å². The first-order valence-electron chi connectivity index (χ1n) is 7.90. The number of hydrogen-bond acceptors (Lipinski definition) is 8. The molecule has 0 atom stereocenters. The Balaban J connectivity index is 1.67. The number of rotatable bonds is 6. The van der Waals surface area contributed by atoms with Crippen LogP contribution >= 0.6 is 0 Å². The summed E-state index contributed by atoms with van der Waals surface area (Å²) in [7, 11) is 3.04. The van der Waals surface area contributed by atoms with Gasteiger partial charge >= 0.3 is 0 Å². The lowest BCUT2D eigenvalue weighted by molar-refractivity contribution is -0.118. The second-order valence-corrected chi connectivity index (χ2v) is 5.51. The Bertz CT molecular complexity index is 932. The Morgan fingerprint density at radius 3 is 2.26 bits per heavy atom. The molecule has 0 unspecified atom stereocenters. The summed E-state index contributed by atoms with van der Waals surface area (Å²) in [6.45, 7) is -0.136. The van der Waals surface area contributed by atoms with Crippen molar-refractivity contribution < 1.29 is 23.9 Å². The third-order valence-electron chi connectivity index (χ3n) is 3.75. The van der Waals surface area contributed by atoms with E-state index in [0.29, 0.717) is 17.2 Å². The van der Waals surface area contributed by atoms with Crippen molar-refractivity contribution >= 4 is 23.2 Å². The minimum atomic E-state index is -0.561. The van der Waals surface area contributed by atoms with Gasteiger partial charge in [0, 0.05) is 42.4 Å². The van der Waals surface area contributed by atoms with Gasteiger partial charge in [0.05, 0.1) is 26.5 Å². The first kappa shape index (κ1) is 18.1. The minimum Gasteiger partial charge on any atom is -0.497 e. The summed E-state index contributed by atoms with van der Waals surface area (Å²) in [5.74, 6) is -0.435. The monoisotopic (exact) mass is 368 g/mol. The van der Waals surface area contributed by atoms with Gasteiger partial charge in [0.25, 0.3) is 0 Å². The van der Waals surface area contributed by atoms with Crippen molar-refractivity contribution in [1.82, 2.24) is 15.3 Å². The number of allylic oxidation sites excluding steroid dienone is 2. The van der Waals surface area contributed by atoms with Crippen LogP contribution in [0.4, 0.5) is 5.69 Å². The Morgan fingerprint density at radius 2 is 1.63 bits per heavy atom. The zero-order valence-corrected chi connectivity index (χ0v) is 14.6. The topological polar surface area (TPSA) is 120 Å². The first-order chi connectivity index (χ1) is 13.0. The molecule has 0 bridgehead atoms. The molecule has 27 heavy (non-hydrogen) atoms. The highest BCUT2D eigenvalue weighted by Crippen LogP contribution is 2.25. The Morgan fingerprint density at radius 1 is 1.00 bits per heavy atom. The van der Waals surface area contributed by atoms with Crippen molar-refractivity contribution in [2.75, 3.05) is 26.1 Å². The molecule has 138 valence electrons. The van der Waals surface area contributed by atoms with Crippen molar-refractivity contribution in [1.29, 1.82) is 0 Å². The summed E-state index contributed by atoms with van der Waals surface area (Å²) in [6.07, 6.45) is 3.69. The maximum atomic E-state index is 12.3. The lowest BCUT2D eigenvalue weighted by atomic mass is 10.0. The van der Waals surface area contributed by atoms with Crippen LogP contribution in [-0.2, 0) is 4.79 Å². The first-order valence-corrected chi connectivity index (χ1v) is 7.90. The summed E-state index contributed by atoms with van der Waals surface area (Å²) >= 11 is 0. The average molecular weight is 368 g/mol. The number of benzene rings is 1. The summed E-state index contributed by atoms with van der Waals surface area (Å²) in [6, 6.07) is 5.08. The molecule has 0 spiro atoms. The maximum Gasteiger partial charge on any atom is 0.243 e. The number of carbonyl (C=O) groups excluding carboxylic acids is 3. The summed E-state index contributed by atoms with van der Waals surface area (Å²) < 4.78 is 10.3. The third kappa shape index (κ3) is 3.92. The zero-order valence-electron chi connectivity index (χ0n) is 14.6. The third-order valence-corrected chi connectivity index (χ3v) is 3.75. The highest BCUT2D eigenvalue weighted by molar-refractivity contribution is 6.23. The van der Waals surface area contributed by atoms with E-state index >= 15 is 0 Å². The number of anilines is 1. The maximum absolute atomic E-state index is 12.3.